The first-order valence-corrected chi connectivity index (χ1v) is 7.79. The number of hydrogen-bond acceptors (Lipinski definition) is 6. The summed E-state index contributed by atoms with van der Waals surface area (Å²) in [6.07, 6.45) is -1.19. The van der Waals surface area contributed by atoms with Gasteiger partial charge in [-0.3, -0.25) is 4.79 Å². The van der Waals surface area contributed by atoms with Gasteiger partial charge in [0, 0.05) is 18.1 Å². The number of pyridine rings is 1. The molecule has 0 bridgehead atoms. The summed E-state index contributed by atoms with van der Waals surface area (Å²) < 4.78 is 10.6. The molecule has 1 saturated heterocycles. The highest BCUT2D eigenvalue weighted by Crippen LogP contribution is 2.25. The van der Waals surface area contributed by atoms with E-state index >= 15 is 0 Å². The molecule has 3 atom stereocenters. The smallest absolute Gasteiger partial charge is 0.270 e. The first kappa shape index (κ1) is 16.6. The molecule has 1 amide bonds. The van der Waals surface area contributed by atoms with Gasteiger partial charge in [0.25, 0.3) is 5.91 Å². The minimum atomic E-state index is -0.963. The molecule has 24 heavy (non-hydrogen) atoms. The number of carbonyl (C=O) groups is 1. The lowest BCUT2D eigenvalue weighted by Crippen LogP contribution is -2.54. The second-order valence-corrected chi connectivity index (χ2v) is 5.68. The maximum atomic E-state index is 12.5. The number of nitrogens with one attached hydrogen (secondary N) is 1. The second kappa shape index (κ2) is 7.12. The van der Waals surface area contributed by atoms with Gasteiger partial charge >= 0.3 is 0 Å². The van der Waals surface area contributed by atoms with Crippen LogP contribution in [0.25, 0.3) is 10.9 Å². The Kier molecular flexibility index (Phi) is 4.94. The molecular weight excluding hydrogens is 312 g/mol. The summed E-state index contributed by atoms with van der Waals surface area (Å²) in [5.41, 5.74) is 0.868. The largest absolute Gasteiger partial charge is 0.496 e. The molecule has 0 spiro atoms. The second-order valence-electron chi connectivity index (χ2n) is 5.68. The molecule has 3 rings (SSSR count). The van der Waals surface area contributed by atoms with E-state index in [0.29, 0.717) is 24.3 Å². The number of rotatable bonds is 4. The Bertz CT molecular complexity index is 736. The molecule has 7 nitrogen and oxygen atoms in total. The molecule has 0 unspecified atom stereocenters. The van der Waals surface area contributed by atoms with Gasteiger partial charge in [-0.2, -0.15) is 0 Å². The highest BCUT2D eigenvalue weighted by Gasteiger charge is 2.33. The third-order valence-corrected chi connectivity index (χ3v) is 4.18. The van der Waals surface area contributed by atoms with Gasteiger partial charge in [0.2, 0.25) is 0 Å². The molecule has 2 heterocycles. The zero-order valence-electron chi connectivity index (χ0n) is 13.3. The van der Waals surface area contributed by atoms with E-state index in [2.05, 4.69) is 10.3 Å². The van der Waals surface area contributed by atoms with Crippen molar-refractivity contribution in [2.45, 2.75) is 24.7 Å². The van der Waals surface area contributed by atoms with E-state index in [4.69, 9.17) is 9.47 Å². The van der Waals surface area contributed by atoms with Gasteiger partial charge in [-0.15, -0.1) is 0 Å². The third-order valence-electron chi connectivity index (χ3n) is 4.18. The Balaban J connectivity index is 1.83. The summed E-state index contributed by atoms with van der Waals surface area (Å²) in [6.45, 7) is 0.0668. The van der Waals surface area contributed by atoms with Gasteiger partial charge in [0.1, 0.15) is 23.7 Å². The van der Waals surface area contributed by atoms with Crippen LogP contribution in [0.3, 0.4) is 0 Å². The fourth-order valence-corrected chi connectivity index (χ4v) is 2.86. The lowest BCUT2D eigenvalue weighted by Gasteiger charge is -2.34. The number of ether oxygens (including phenoxy) is 2. The van der Waals surface area contributed by atoms with Crippen LogP contribution in [0.5, 0.6) is 5.75 Å². The molecular formula is C17H20N2O5. The minimum absolute atomic E-state index is 0.213. The summed E-state index contributed by atoms with van der Waals surface area (Å²) >= 11 is 0. The van der Waals surface area contributed by atoms with Gasteiger partial charge in [-0.25, -0.2) is 4.98 Å². The Morgan fingerprint density at radius 2 is 2.25 bits per heavy atom. The van der Waals surface area contributed by atoms with Crippen LogP contribution < -0.4 is 10.1 Å². The van der Waals surface area contributed by atoms with Crippen LogP contribution in [0.2, 0.25) is 0 Å². The summed E-state index contributed by atoms with van der Waals surface area (Å²) in [6, 6.07) is 8.47. The molecule has 1 aliphatic heterocycles. The Hall–Kier alpha value is -2.22. The van der Waals surface area contributed by atoms with Crippen molar-refractivity contribution in [2.75, 3.05) is 20.3 Å². The third kappa shape index (κ3) is 3.19. The number of fused-ring (bicyclic) bond motifs is 1. The monoisotopic (exact) mass is 332 g/mol. The zero-order valence-corrected chi connectivity index (χ0v) is 13.3. The fourth-order valence-electron chi connectivity index (χ4n) is 2.86. The highest BCUT2D eigenvalue weighted by molar-refractivity contribution is 5.97. The van der Waals surface area contributed by atoms with Crippen LogP contribution in [-0.4, -0.2) is 59.7 Å². The number of aliphatic hydroxyl groups excluding tert-OH is 2. The summed E-state index contributed by atoms with van der Waals surface area (Å²) in [5, 5.41) is 22.9. The molecule has 1 aliphatic rings. The quantitative estimate of drug-likeness (QED) is 0.753. The summed E-state index contributed by atoms with van der Waals surface area (Å²) in [4.78, 5) is 16.9. The number of hydrogen-bond donors (Lipinski definition) is 3. The molecule has 1 aromatic carbocycles. The van der Waals surface area contributed by atoms with Crippen LogP contribution in [0.1, 0.15) is 16.9 Å². The molecule has 7 heteroatoms. The summed E-state index contributed by atoms with van der Waals surface area (Å²) in [5.74, 6) is 0.160. The van der Waals surface area contributed by atoms with Crippen molar-refractivity contribution < 1.29 is 24.5 Å². The zero-order chi connectivity index (χ0) is 17.1. The van der Waals surface area contributed by atoms with E-state index in [-0.39, 0.29) is 12.3 Å². The van der Waals surface area contributed by atoms with Gasteiger partial charge in [-0.1, -0.05) is 12.1 Å². The maximum Gasteiger partial charge on any atom is 0.270 e. The van der Waals surface area contributed by atoms with E-state index in [1.54, 1.807) is 12.1 Å². The van der Waals surface area contributed by atoms with Crippen molar-refractivity contribution in [2.24, 2.45) is 0 Å². The Labute approximate surface area is 139 Å². The molecule has 128 valence electrons. The van der Waals surface area contributed by atoms with Crippen molar-refractivity contribution in [3.63, 3.8) is 0 Å². The van der Waals surface area contributed by atoms with Crippen LogP contribution in [0.15, 0.2) is 30.3 Å². The van der Waals surface area contributed by atoms with Gasteiger partial charge in [0.05, 0.1) is 25.3 Å². The Morgan fingerprint density at radius 1 is 1.46 bits per heavy atom. The summed E-state index contributed by atoms with van der Waals surface area (Å²) in [7, 11) is 1.54. The van der Waals surface area contributed by atoms with E-state index in [1.165, 1.54) is 7.11 Å². The molecule has 3 N–H and O–H groups in total. The number of carbonyl (C=O) groups excluding carboxylic acids is 1. The van der Waals surface area contributed by atoms with Crippen molar-refractivity contribution in [1.29, 1.82) is 0 Å². The molecule has 0 radical (unpaired) electrons. The molecule has 0 aliphatic carbocycles. The number of nitrogens with zero attached hydrogens (tertiary/aromatic N) is 1. The van der Waals surface area contributed by atoms with E-state index in [0.717, 1.165) is 5.39 Å². The van der Waals surface area contributed by atoms with Crippen LogP contribution in [0.4, 0.5) is 0 Å². The van der Waals surface area contributed by atoms with Crippen molar-refractivity contribution >= 4 is 16.8 Å². The van der Waals surface area contributed by atoms with Gasteiger partial charge < -0.3 is 25.0 Å². The van der Waals surface area contributed by atoms with Crippen LogP contribution in [0, 0.1) is 0 Å². The van der Waals surface area contributed by atoms with Crippen LogP contribution in [-0.2, 0) is 4.74 Å². The Morgan fingerprint density at radius 3 is 3.00 bits per heavy atom. The first-order valence-electron chi connectivity index (χ1n) is 7.79. The van der Waals surface area contributed by atoms with E-state index in [9.17, 15) is 15.0 Å². The lowest BCUT2D eigenvalue weighted by molar-refractivity contribution is -0.107. The lowest BCUT2D eigenvalue weighted by atomic mass is 10.00. The van der Waals surface area contributed by atoms with Crippen molar-refractivity contribution in [3.05, 3.63) is 36.0 Å². The molecule has 0 saturated carbocycles. The molecule has 1 fully saturated rings. The van der Waals surface area contributed by atoms with Gasteiger partial charge in [-0.05, 0) is 18.6 Å². The first-order chi connectivity index (χ1) is 11.6. The fraction of sp³-hybridized carbons (Fsp3) is 0.412. The average molecular weight is 332 g/mol. The molecule has 1 aromatic heterocycles. The van der Waals surface area contributed by atoms with Gasteiger partial charge in [0.15, 0.2) is 0 Å². The highest BCUT2D eigenvalue weighted by atomic mass is 16.5. The number of methoxy groups -OCH3 is 1. The topological polar surface area (TPSA) is 101 Å². The van der Waals surface area contributed by atoms with Crippen molar-refractivity contribution in [1.82, 2.24) is 10.3 Å². The normalized spacial score (nSPS) is 23.9. The minimum Gasteiger partial charge on any atom is -0.496 e. The SMILES string of the molecule is COc1cc(C(=O)N[C@H]2CCO[C@H](CO)[C@H]2O)nc2ccccc12. The maximum absolute atomic E-state index is 12.5. The number of amides is 1. The number of aromatic nitrogens is 1. The van der Waals surface area contributed by atoms with E-state index in [1.807, 2.05) is 18.2 Å². The molecule has 2 aromatic rings. The predicted molar refractivity (Wildman–Crippen MR) is 87.0 cm³/mol. The number of benzene rings is 1. The standard InChI is InChI=1S/C17H20N2O5/c1-23-14-8-13(18-11-5-3-2-4-10(11)14)17(22)19-12-6-7-24-15(9-20)16(12)21/h2-5,8,12,15-16,20-21H,6-7,9H2,1H3,(H,19,22)/t12-,15+,16-/m0/s1. The number of aliphatic hydroxyl groups is 2. The predicted octanol–water partition coefficient (Wildman–Crippen LogP) is 0.484. The van der Waals surface area contributed by atoms with Crippen LogP contribution >= 0.6 is 0 Å². The van der Waals surface area contributed by atoms with E-state index < -0.39 is 24.2 Å². The van der Waals surface area contributed by atoms with Crippen molar-refractivity contribution in [3.8, 4) is 5.75 Å². The average Bonchev–Trinajstić information content (AvgIpc) is 2.62. The number of para-hydroxylation sites is 1.